The van der Waals surface area contributed by atoms with Crippen LogP contribution in [0.5, 0.6) is 17.4 Å². The van der Waals surface area contributed by atoms with Gasteiger partial charge in [0.1, 0.15) is 30.1 Å². The Hall–Kier alpha value is -5.42. The zero-order chi connectivity index (χ0) is 36.1. The average Bonchev–Trinajstić information content (AvgIpc) is 3.72. The summed E-state index contributed by atoms with van der Waals surface area (Å²) in [5.41, 5.74) is 0.283. The van der Waals surface area contributed by atoms with Gasteiger partial charge in [0, 0.05) is 34.2 Å². The van der Waals surface area contributed by atoms with E-state index in [1.807, 2.05) is 56.6 Å². The number of carbonyl (C=O) groups excluding carboxylic acids is 3. The molecule has 11 heteroatoms. The maximum Gasteiger partial charge on any atom is 0.514 e. The minimum Gasteiger partial charge on any atom is -0.489 e. The number of carbonyl (C=O) groups is 3. The molecule has 8 rings (SSSR count). The molecule has 11 nitrogen and oxygen atoms in total. The fraction of sp³-hybridized carbons (Fsp3) is 0.350. The molecule has 51 heavy (non-hydrogen) atoms. The van der Waals surface area contributed by atoms with Gasteiger partial charge in [-0.3, -0.25) is 9.59 Å². The number of fused-ring (bicyclic) bond motifs is 4. The number of rotatable bonds is 7. The first-order chi connectivity index (χ1) is 24.5. The Labute approximate surface area is 295 Å². The molecule has 3 atom stereocenters. The van der Waals surface area contributed by atoms with Crippen molar-refractivity contribution in [3.05, 3.63) is 107 Å². The highest BCUT2D eigenvalue weighted by atomic mass is 16.7. The summed E-state index contributed by atoms with van der Waals surface area (Å²) in [5.74, 6) is 0.304. The fourth-order valence-electron chi connectivity index (χ4n) is 7.42. The lowest BCUT2D eigenvalue weighted by Gasteiger charge is -2.36. The van der Waals surface area contributed by atoms with Crippen LogP contribution in [0.4, 0.5) is 4.79 Å². The minimum atomic E-state index is -1.30. The molecule has 0 radical (unpaired) electrons. The van der Waals surface area contributed by atoms with Gasteiger partial charge in [-0.15, -0.1) is 0 Å². The van der Waals surface area contributed by atoms with Gasteiger partial charge in [0.25, 0.3) is 5.88 Å². The molecule has 1 aliphatic heterocycles. The van der Waals surface area contributed by atoms with E-state index in [0.717, 1.165) is 5.56 Å². The van der Waals surface area contributed by atoms with Gasteiger partial charge >= 0.3 is 6.16 Å². The normalized spacial score (nSPS) is 21.0. The number of hydrogen-bond acceptors (Lipinski definition) is 11. The van der Waals surface area contributed by atoms with Crippen LogP contribution in [0, 0.1) is 11.8 Å². The number of benzene rings is 3. The Morgan fingerprint density at radius 1 is 1.00 bits per heavy atom. The van der Waals surface area contributed by atoms with Crippen LogP contribution in [0.1, 0.15) is 64.8 Å². The number of allylic oxidation sites excluding steroid dienone is 1. The maximum absolute atomic E-state index is 14.7. The summed E-state index contributed by atoms with van der Waals surface area (Å²) in [6.07, 6.45) is 2.00. The van der Waals surface area contributed by atoms with E-state index >= 15 is 0 Å². The molecule has 3 aliphatic carbocycles. The highest BCUT2D eigenvalue weighted by Crippen LogP contribution is 2.63. The number of nitrogens with one attached hydrogen (secondary N) is 1. The lowest BCUT2D eigenvalue weighted by molar-refractivity contribution is 0.0207. The van der Waals surface area contributed by atoms with Crippen LogP contribution in [0.25, 0.3) is 10.8 Å². The Balaban J connectivity index is 0.00000131. The summed E-state index contributed by atoms with van der Waals surface area (Å²) in [4.78, 5) is 42.1. The molecule has 1 saturated heterocycles. The molecule has 3 aromatic carbocycles. The summed E-state index contributed by atoms with van der Waals surface area (Å²) in [6, 6.07) is 16.9. The molecule has 1 aromatic heterocycles. The Morgan fingerprint density at radius 2 is 1.69 bits per heavy atom. The first kappa shape index (κ1) is 34.0. The minimum absolute atomic E-state index is 0.0852. The van der Waals surface area contributed by atoms with Gasteiger partial charge in [0.2, 0.25) is 11.4 Å². The molecule has 4 aliphatic rings. The molecule has 1 unspecified atom stereocenters. The van der Waals surface area contributed by atoms with E-state index in [9.17, 15) is 14.4 Å². The zero-order valence-corrected chi connectivity index (χ0v) is 29.3. The Morgan fingerprint density at radius 3 is 2.37 bits per heavy atom. The van der Waals surface area contributed by atoms with Gasteiger partial charge in [-0.05, 0) is 64.3 Å². The molecule has 4 aromatic rings. The predicted octanol–water partition coefficient (Wildman–Crippen LogP) is 6.96. The number of hydrogen-bond donors (Lipinski definition) is 1. The SMILES string of the molecule is C=CCOc1c2c(c(OC(=O)OC(C)(C)C)c3ccccc13)C(=O)C1=C3O[C@]34C(=O)c3c(OCc5ccccc5)noc3C[C@@H]4CC1C2.CNC. The van der Waals surface area contributed by atoms with Crippen molar-refractivity contribution in [2.75, 3.05) is 20.7 Å². The topological polar surface area (TPSA) is 139 Å². The Bertz CT molecular complexity index is 2090. The van der Waals surface area contributed by atoms with E-state index in [2.05, 4.69) is 17.1 Å². The molecule has 0 bridgehead atoms. The average molecular weight is 693 g/mol. The smallest absolute Gasteiger partial charge is 0.489 e. The number of ketones is 2. The van der Waals surface area contributed by atoms with E-state index in [1.165, 1.54) is 0 Å². The third-order valence-corrected chi connectivity index (χ3v) is 9.36. The summed E-state index contributed by atoms with van der Waals surface area (Å²) < 4.78 is 35.4. The van der Waals surface area contributed by atoms with Crippen LogP contribution in [-0.2, 0) is 28.9 Å². The van der Waals surface area contributed by atoms with Gasteiger partial charge in [-0.25, -0.2) is 4.79 Å². The van der Waals surface area contributed by atoms with Crippen LogP contribution >= 0.6 is 0 Å². The van der Waals surface area contributed by atoms with E-state index in [0.29, 0.717) is 58.4 Å². The Kier molecular flexibility index (Phi) is 8.71. The molecule has 1 N–H and O–H groups in total. The van der Waals surface area contributed by atoms with Gasteiger partial charge in [-0.2, -0.15) is 0 Å². The third kappa shape index (κ3) is 5.85. The largest absolute Gasteiger partial charge is 0.514 e. The van der Waals surface area contributed by atoms with Crippen molar-refractivity contribution in [1.82, 2.24) is 10.5 Å². The van der Waals surface area contributed by atoms with Crippen molar-refractivity contribution < 1.29 is 42.6 Å². The first-order valence-electron chi connectivity index (χ1n) is 17.0. The molecule has 0 amide bonds. The second-order valence-electron chi connectivity index (χ2n) is 14.1. The monoisotopic (exact) mass is 692 g/mol. The summed E-state index contributed by atoms with van der Waals surface area (Å²) >= 11 is 0. The molecule has 1 spiro atoms. The summed E-state index contributed by atoms with van der Waals surface area (Å²) in [7, 11) is 3.75. The molecule has 264 valence electrons. The van der Waals surface area contributed by atoms with Crippen LogP contribution in [0.15, 0.2) is 83.1 Å². The van der Waals surface area contributed by atoms with Crippen molar-refractivity contribution in [2.24, 2.45) is 11.8 Å². The van der Waals surface area contributed by atoms with Crippen molar-refractivity contribution in [2.45, 2.75) is 57.8 Å². The molecular formula is C40H40N2O9. The number of aromatic nitrogens is 1. The number of Topliss-reactive ketones (excluding diaryl/α,β-unsaturated/α-hetero) is 2. The van der Waals surface area contributed by atoms with Crippen molar-refractivity contribution >= 4 is 28.5 Å². The van der Waals surface area contributed by atoms with Crippen LogP contribution in [-0.4, -0.2) is 54.8 Å². The lowest BCUT2D eigenvalue weighted by Crippen LogP contribution is -2.44. The molecule has 2 heterocycles. The van der Waals surface area contributed by atoms with Gasteiger partial charge < -0.3 is 33.5 Å². The first-order valence-corrected chi connectivity index (χ1v) is 17.0. The maximum atomic E-state index is 14.7. The molecule has 0 saturated carbocycles. The quantitative estimate of drug-likeness (QED) is 0.0931. The second kappa shape index (κ2) is 13.0. The van der Waals surface area contributed by atoms with Gasteiger partial charge in [0.15, 0.2) is 23.1 Å². The predicted molar refractivity (Wildman–Crippen MR) is 187 cm³/mol. The van der Waals surface area contributed by atoms with Crippen molar-refractivity contribution in [3.8, 4) is 17.4 Å². The van der Waals surface area contributed by atoms with E-state index in [1.54, 1.807) is 39.0 Å². The highest BCUT2D eigenvalue weighted by Gasteiger charge is 2.72. The van der Waals surface area contributed by atoms with Crippen molar-refractivity contribution in [3.63, 3.8) is 0 Å². The van der Waals surface area contributed by atoms with E-state index in [-0.39, 0.29) is 59.4 Å². The second-order valence-corrected chi connectivity index (χ2v) is 14.1. The van der Waals surface area contributed by atoms with E-state index in [4.69, 9.17) is 28.2 Å². The van der Waals surface area contributed by atoms with Crippen LogP contribution in [0.3, 0.4) is 0 Å². The zero-order valence-electron chi connectivity index (χ0n) is 29.3. The number of ether oxygens (including phenoxy) is 5. The third-order valence-electron chi connectivity index (χ3n) is 9.36. The lowest BCUT2D eigenvalue weighted by atomic mass is 9.63. The standard InChI is InChI=1S/C38H33NO9.C2H7N/c1-5-15-43-31-23-13-9-10-14-24(23)32(45-36(42)47-37(2,3)4)28-25(31)17-21-16-22-18-26-29(33(41)38(22)34(46-38)27(21)30(28)40)35(39-48-26)44-19-20-11-7-6-8-12-20;1-3-2/h5-14,21-22H,1,15-19H2,2-4H3;3H,1-2H3/t21?,22-,38+;/m0./s1. The van der Waals surface area contributed by atoms with Crippen LogP contribution < -0.4 is 19.5 Å². The summed E-state index contributed by atoms with van der Waals surface area (Å²) in [6.45, 7) is 9.42. The number of nitrogens with zero attached hydrogens (tertiary/aromatic N) is 1. The van der Waals surface area contributed by atoms with Gasteiger partial charge in [0.05, 0.1) is 5.56 Å². The van der Waals surface area contributed by atoms with E-state index < -0.39 is 17.4 Å². The molecular weight excluding hydrogens is 652 g/mol. The number of epoxide rings is 1. The van der Waals surface area contributed by atoms with Crippen LogP contribution in [0.2, 0.25) is 0 Å². The fourth-order valence-corrected chi connectivity index (χ4v) is 7.42. The van der Waals surface area contributed by atoms with Crippen molar-refractivity contribution in [1.29, 1.82) is 0 Å². The molecule has 1 fully saturated rings. The highest BCUT2D eigenvalue weighted by molar-refractivity contribution is 6.20. The van der Waals surface area contributed by atoms with Gasteiger partial charge in [-0.1, -0.05) is 67.3 Å². The summed E-state index contributed by atoms with van der Waals surface area (Å²) in [5, 5.41) is 8.06.